The van der Waals surface area contributed by atoms with Gasteiger partial charge in [-0.2, -0.15) is 0 Å². The van der Waals surface area contributed by atoms with Crippen molar-refractivity contribution in [2.75, 3.05) is 40.3 Å². The summed E-state index contributed by atoms with van der Waals surface area (Å²) in [6.45, 7) is 1.17. The number of piperazine rings is 1. The van der Waals surface area contributed by atoms with Crippen LogP contribution in [0.25, 0.3) is 0 Å². The second-order valence-electron chi connectivity index (χ2n) is 8.74. The summed E-state index contributed by atoms with van der Waals surface area (Å²) in [4.78, 5) is 31.1. The number of rotatable bonds is 5. The molecular formula is C26H29N3O3. The van der Waals surface area contributed by atoms with Crippen LogP contribution in [0.2, 0.25) is 0 Å². The number of nitrogens with zero attached hydrogens (tertiary/aromatic N) is 3. The molecule has 0 radical (unpaired) electrons. The quantitative estimate of drug-likeness (QED) is 0.726. The monoisotopic (exact) mass is 431 g/mol. The maximum absolute atomic E-state index is 12.9. The number of fused-ring (bicyclic) bond motifs is 1. The molecule has 3 atom stereocenters. The fourth-order valence-electron chi connectivity index (χ4n) is 4.66. The largest absolute Gasteiger partial charge is 0.394 e. The molecule has 0 spiro atoms. The number of benzene rings is 2. The number of hydrogen-bond donors (Lipinski definition) is 1. The van der Waals surface area contributed by atoms with E-state index in [0.717, 1.165) is 16.7 Å². The summed E-state index contributed by atoms with van der Waals surface area (Å²) >= 11 is 0. The van der Waals surface area contributed by atoms with E-state index in [-0.39, 0.29) is 49.4 Å². The summed E-state index contributed by atoms with van der Waals surface area (Å²) in [5.74, 6) is 6.15. The third-order valence-electron chi connectivity index (χ3n) is 6.23. The van der Waals surface area contributed by atoms with Gasteiger partial charge >= 0.3 is 0 Å². The van der Waals surface area contributed by atoms with E-state index in [2.05, 4.69) is 11.8 Å². The highest BCUT2D eigenvalue weighted by Crippen LogP contribution is 2.42. The molecule has 2 aromatic rings. The lowest BCUT2D eigenvalue weighted by molar-refractivity contribution is -0.166. The minimum atomic E-state index is -0.246. The van der Waals surface area contributed by atoms with Gasteiger partial charge < -0.3 is 14.9 Å². The lowest BCUT2D eigenvalue weighted by Gasteiger charge is -2.58. The van der Waals surface area contributed by atoms with E-state index in [0.29, 0.717) is 13.1 Å². The Labute approximate surface area is 189 Å². The van der Waals surface area contributed by atoms with Gasteiger partial charge in [-0.3, -0.25) is 14.5 Å². The molecule has 0 aromatic heterocycles. The first-order chi connectivity index (χ1) is 15.5. The van der Waals surface area contributed by atoms with Crippen molar-refractivity contribution in [2.45, 2.75) is 24.4 Å². The minimum absolute atomic E-state index is 0.0000552. The molecule has 2 saturated heterocycles. The summed E-state index contributed by atoms with van der Waals surface area (Å²) in [6.07, 6.45) is 0.287. The van der Waals surface area contributed by atoms with Crippen LogP contribution in [-0.2, 0) is 16.0 Å². The van der Waals surface area contributed by atoms with Crippen molar-refractivity contribution in [3.63, 3.8) is 0 Å². The first kappa shape index (κ1) is 22.1. The Balaban J connectivity index is 1.48. The summed E-state index contributed by atoms with van der Waals surface area (Å²) < 4.78 is 0. The third-order valence-corrected chi connectivity index (χ3v) is 6.23. The van der Waals surface area contributed by atoms with Gasteiger partial charge in [0.25, 0.3) is 0 Å². The lowest BCUT2D eigenvalue weighted by atomic mass is 9.73. The van der Waals surface area contributed by atoms with Crippen LogP contribution < -0.4 is 0 Å². The van der Waals surface area contributed by atoms with E-state index in [4.69, 9.17) is 0 Å². The van der Waals surface area contributed by atoms with Crippen LogP contribution in [0.1, 0.15) is 22.6 Å². The summed E-state index contributed by atoms with van der Waals surface area (Å²) in [5, 5.41) is 9.97. The van der Waals surface area contributed by atoms with Crippen molar-refractivity contribution in [1.82, 2.24) is 14.7 Å². The van der Waals surface area contributed by atoms with Crippen LogP contribution in [0.15, 0.2) is 54.6 Å². The van der Waals surface area contributed by atoms with Crippen molar-refractivity contribution in [1.29, 1.82) is 0 Å². The second-order valence-corrected chi connectivity index (χ2v) is 8.74. The minimum Gasteiger partial charge on any atom is -0.394 e. The normalized spacial score (nSPS) is 22.1. The van der Waals surface area contributed by atoms with Gasteiger partial charge in [0.2, 0.25) is 11.8 Å². The van der Waals surface area contributed by atoms with Crippen LogP contribution >= 0.6 is 0 Å². The summed E-state index contributed by atoms with van der Waals surface area (Å²) in [6, 6.07) is 17.3. The highest BCUT2D eigenvalue weighted by molar-refractivity contribution is 5.88. The standard InChI is InChI=1S/C26H29N3O3/c1-27(2)14-6-9-19-10-12-21(13-11-19)26-22-16-28(17-25(32)29(22)23(26)18-30)24(31)15-20-7-4-3-5-8-20/h3-5,7-8,10-13,22-23,26,30H,14-18H2,1-2H3/t22-,23+,26-/m0/s1. The number of aliphatic hydroxyl groups is 1. The Morgan fingerprint density at radius 1 is 1.12 bits per heavy atom. The Morgan fingerprint density at radius 2 is 1.84 bits per heavy atom. The van der Waals surface area contributed by atoms with Gasteiger partial charge in [-0.05, 0) is 37.4 Å². The van der Waals surface area contributed by atoms with Crippen LogP contribution in [0, 0.1) is 11.8 Å². The van der Waals surface area contributed by atoms with Crippen molar-refractivity contribution >= 4 is 11.8 Å². The third kappa shape index (κ3) is 4.55. The Hall–Kier alpha value is -3.14. The predicted molar refractivity (Wildman–Crippen MR) is 123 cm³/mol. The maximum atomic E-state index is 12.9. The zero-order chi connectivity index (χ0) is 22.7. The fourth-order valence-corrected chi connectivity index (χ4v) is 4.66. The molecule has 0 bridgehead atoms. The van der Waals surface area contributed by atoms with Crippen molar-refractivity contribution in [3.05, 3.63) is 71.3 Å². The summed E-state index contributed by atoms with van der Waals surface area (Å²) in [7, 11) is 3.96. The number of amides is 2. The predicted octanol–water partition coefficient (Wildman–Crippen LogP) is 1.34. The molecule has 32 heavy (non-hydrogen) atoms. The highest BCUT2D eigenvalue weighted by Gasteiger charge is 2.54. The molecule has 166 valence electrons. The fraction of sp³-hybridized carbons (Fsp3) is 0.385. The molecular weight excluding hydrogens is 402 g/mol. The highest BCUT2D eigenvalue weighted by atomic mass is 16.3. The molecule has 0 unspecified atom stereocenters. The molecule has 6 nitrogen and oxygen atoms in total. The van der Waals surface area contributed by atoms with Crippen LogP contribution in [0.4, 0.5) is 0 Å². The zero-order valence-corrected chi connectivity index (χ0v) is 18.6. The number of carbonyl (C=O) groups excluding carboxylic acids is 2. The van der Waals surface area contributed by atoms with Crippen LogP contribution in [0.5, 0.6) is 0 Å². The molecule has 1 N–H and O–H groups in total. The van der Waals surface area contributed by atoms with Gasteiger partial charge in [0, 0.05) is 18.0 Å². The van der Waals surface area contributed by atoms with Crippen molar-refractivity contribution in [2.24, 2.45) is 0 Å². The van der Waals surface area contributed by atoms with E-state index in [1.807, 2.05) is 73.6 Å². The molecule has 0 aliphatic carbocycles. The average molecular weight is 432 g/mol. The Bertz CT molecular complexity index is 1020. The number of hydrogen-bond acceptors (Lipinski definition) is 4. The molecule has 0 saturated carbocycles. The maximum Gasteiger partial charge on any atom is 0.242 e. The van der Waals surface area contributed by atoms with Gasteiger partial charge in [-0.1, -0.05) is 54.3 Å². The van der Waals surface area contributed by atoms with Crippen molar-refractivity contribution < 1.29 is 14.7 Å². The van der Waals surface area contributed by atoms with Gasteiger partial charge in [0.15, 0.2) is 0 Å². The molecule has 6 heteroatoms. The molecule has 2 aliphatic heterocycles. The Morgan fingerprint density at radius 3 is 2.50 bits per heavy atom. The van der Waals surface area contributed by atoms with Gasteiger partial charge in [0.1, 0.15) is 0 Å². The van der Waals surface area contributed by atoms with E-state index in [1.165, 1.54) is 0 Å². The van der Waals surface area contributed by atoms with Gasteiger partial charge in [-0.15, -0.1) is 0 Å². The van der Waals surface area contributed by atoms with E-state index in [9.17, 15) is 14.7 Å². The average Bonchev–Trinajstić information content (AvgIpc) is 2.76. The Kier molecular flexibility index (Phi) is 6.59. The summed E-state index contributed by atoms with van der Waals surface area (Å²) in [5.41, 5.74) is 2.94. The van der Waals surface area contributed by atoms with Gasteiger partial charge in [0.05, 0.1) is 38.2 Å². The topological polar surface area (TPSA) is 64.1 Å². The van der Waals surface area contributed by atoms with E-state index < -0.39 is 0 Å². The number of carbonyl (C=O) groups is 2. The van der Waals surface area contributed by atoms with Gasteiger partial charge in [-0.25, -0.2) is 0 Å². The van der Waals surface area contributed by atoms with E-state index >= 15 is 0 Å². The van der Waals surface area contributed by atoms with E-state index in [1.54, 1.807) is 9.80 Å². The first-order valence-corrected chi connectivity index (χ1v) is 10.9. The van der Waals surface area contributed by atoms with Crippen LogP contribution in [0.3, 0.4) is 0 Å². The molecule has 2 fully saturated rings. The molecule has 2 aliphatic rings. The first-order valence-electron chi connectivity index (χ1n) is 10.9. The molecule has 2 amide bonds. The lowest BCUT2D eigenvalue weighted by Crippen LogP contribution is -2.73. The molecule has 2 heterocycles. The second kappa shape index (κ2) is 9.56. The SMILES string of the molecule is CN(C)CC#Cc1ccc([C@@H]2[C@@H](CO)N3C(=O)CN(C(=O)Cc4ccccc4)C[C@@H]23)cc1. The van der Waals surface area contributed by atoms with Crippen molar-refractivity contribution in [3.8, 4) is 11.8 Å². The van der Waals surface area contributed by atoms with Crippen LogP contribution in [-0.4, -0.2) is 84.0 Å². The molecule has 2 aromatic carbocycles. The smallest absolute Gasteiger partial charge is 0.242 e. The number of aliphatic hydroxyl groups excluding tert-OH is 1. The molecule has 4 rings (SSSR count). The zero-order valence-electron chi connectivity index (χ0n) is 18.6.